The van der Waals surface area contributed by atoms with Crippen molar-refractivity contribution in [1.29, 1.82) is 5.26 Å². The average Bonchev–Trinajstić information content (AvgIpc) is 2.93. The van der Waals surface area contributed by atoms with Gasteiger partial charge in [-0.1, -0.05) is 24.8 Å². The molecule has 1 N–H and O–H groups in total. The largest absolute Gasteiger partial charge is 0.315 e. The number of likely N-dealkylation sites (N-methyl/N-ethyl adjacent to an activating group) is 1. The third-order valence-corrected chi connectivity index (χ3v) is 3.79. The van der Waals surface area contributed by atoms with E-state index in [0.717, 1.165) is 13.1 Å². The molecule has 0 aliphatic heterocycles. The lowest BCUT2D eigenvalue weighted by molar-refractivity contribution is 0.517. The van der Waals surface area contributed by atoms with Crippen molar-refractivity contribution in [2.45, 2.75) is 24.4 Å². The molecule has 0 radical (unpaired) electrons. The molecule has 8 heteroatoms. The summed E-state index contributed by atoms with van der Waals surface area (Å²) in [6.45, 7) is 4.36. The zero-order valence-electron chi connectivity index (χ0n) is 11.6. The summed E-state index contributed by atoms with van der Waals surface area (Å²) in [5.74, 6) is 0.0345. The molecule has 0 spiro atoms. The summed E-state index contributed by atoms with van der Waals surface area (Å²) in [6, 6.07) is 6.38. The predicted octanol–water partition coefficient (Wildman–Crippen LogP) is 1.59. The molecule has 6 nitrogen and oxygen atoms in total. The van der Waals surface area contributed by atoms with E-state index in [2.05, 4.69) is 20.8 Å². The SMILES string of the molecule is CCNCCn1nnnc1SCc1ccc(C#N)cc1F. The van der Waals surface area contributed by atoms with Crippen LogP contribution in [0.5, 0.6) is 0 Å². The van der Waals surface area contributed by atoms with Gasteiger partial charge in [0, 0.05) is 12.3 Å². The molecular weight excluding hydrogens is 291 g/mol. The van der Waals surface area contributed by atoms with Gasteiger partial charge in [0.2, 0.25) is 5.16 Å². The van der Waals surface area contributed by atoms with E-state index in [1.807, 2.05) is 13.0 Å². The van der Waals surface area contributed by atoms with Crippen LogP contribution in [0.4, 0.5) is 4.39 Å². The van der Waals surface area contributed by atoms with Gasteiger partial charge in [0.15, 0.2) is 0 Å². The van der Waals surface area contributed by atoms with E-state index in [-0.39, 0.29) is 5.82 Å². The highest BCUT2D eigenvalue weighted by molar-refractivity contribution is 7.98. The Labute approximate surface area is 126 Å². The first kappa shape index (κ1) is 15.4. The highest BCUT2D eigenvalue weighted by Crippen LogP contribution is 2.22. The van der Waals surface area contributed by atoms with E-state index in [1.165, 1.54) is 17.8 Å². The van der Waals surface area contributed by atoms with Crippen LogP contribution < -0.4 is 5.32 Å². The van der Waals surface area contributed by atoms with Crippen molar-refractivity contribution in [1.82, 2.24) is 25.5 Å². The summed E-state index contributed by atoms with van der Waals surface area (Å²) in [5.41, 5.74) is 0.844. The minimum Gasteiger partial charge on any atom is -0.315 e. The van der Waals surface area contributed by atoms with Gasteiger partial charge < -0.3 is 5.32 Å². The minimum atomic E-state index is -0.381. The van der Waals surface area contributed by atoms with Gasteiger partial charge in [0.25, 0.3) is 0 Å². The maximum atomic E-state index is 13.8. The summed E-state index contributed by atoms with van der Waals surface area (Å²) >= 11 is 1.37. The number of tetrazole rings is 1. The quantitative estimate of drug-likeness (QED) is 0.618. The van der Waals surface area contributed by atoms with Crippen molar-refractivity contribution in [3.05, 3.63) is 35.1 Å². The molecule has 0 unspecified atom stereocenters. The Morgan fingerprint density at radius 3 is 3.05 bits per heavy atom. The zero-order valence-corrected chi connectivity index (χ0v) is 12.4. The number of thioether (sulfide) groups is 1. The number of aromatic nitrogens is 4. The highest BCUT2D eigenvalue weighted by Gasteiger charge is 2.09. The standard InChI is InChI=1S/C13H15FN6S/c1-2-16-5-6-20-13(17-18-19-20)21-9-11-4-3-10(8-15)7-12(11)14/h3-4,7,16H,2,5-6,9H2,1H3. The molecule has 21 heavy (non-hydrogen) atoms. The first-order valence-corrected chi connectivity index (χ1v) is 7.51. The molecular formula is C13H15FN6S. The van der Waals surface area contributed by atoms with Crippen LogP contribution in [-0.4, -0.2) is 33.3 Å². The van der Waals surface area contributed by atoms with Crippen LogP contribution >= 0.6 is 11.8 Å². The Balaban J connectivity index is 1.97. The van der Waals surface area contributed by atoms with Gasteiger partial charge in [0.05, 0.1) is 18.2 Å². The van der Waals surface area contributed by atoms with E-state index in [9.17, 15) is 4.39 Å². The van der Waals surface area contributed by atoms with Crippen LogP contribution in [0.1, 0.15) is 18.1 Å². The minimum absolute atomic E-state index is 0.316. The van der Waals surface area contributed by atoms with Gasteiger partial charge in [-0.2, -0.15) is 5.26 Å². The molecule has 0 aliphatic carbocycles. The molecule has 0 aliphatic rings. The van der Waals surface area contributed by atoms with Crippen LogP contribution in [-0.2, 0) is 12.3 Å². The number of hydrogen-bond acceptors (Lipinski definition) is 6. The Morgan fingerprint density at radius 2 is 2.33 bits per heavy atom. The Morgan fingerprint density at radius 1 is 1.48 bits per heavy atom. The molecule has 0 atom stereocenters. The lowest BCUT2D eigenvalue weighted by Gasteiger charge is -2.05. The number of rotatable bonds is 7. The molecule has 1 heterocycles. The maximum absolute atomic E-state index is 13.8. The summed E-state index contributed by atoms with van der Waals surface area (Å²) in [4.78, 5) is 0. The fraction of sp³-hybridized carbons (Fsp3) is 0.385. The second-order valence-corrected chi connectivity index (χ2v) is 5.19. The molecule has 0 saturated carbocycles. The molecule has 1 aromatic carbocycles. The lowest BCUT2D eigenvalue weighted by Crippen LogP contribution is -2.20. The molecule has 0 amide bonds. The monoisotopic (exact) mass is 306 g/mol. The summed E-state index contributed by atoms with van der Waals surface area (Å²) < 4.78 is 15.5. The van der Waals surface area contributed by atoms with Crippen molar-refractivity contribution in [3.63, 3.8) is 0 Å². The Kier molecular flexibility index (Phi) is 5.66. The fourth-order valence-electron chi connectivity index (χ4n) is 1.68. The van der Waals surface area contributed by atoms with E-state index >= 15 is 0 Å². The fourth-order valence-corrected chi connectivity index (χ4v) is 2.57. The number of hydrogen-bond donors (Lipinski definition) is 1. The third-order valence-electron chi connectivity index (χ3n) is 2.79. The van der Waals surface area contributed by atoms with E-state index < -0.39 is 0 Å². The number of nitriles is 1. The maximum Gasteiger partial charge on any atom is 0.209 e. The average molecular weight is 306 g/mol. The van der Waals surface area contributed by atoms with E-state index in [0.29, 0.717) is 28.6 Å². The van der Waals surface area contributed by atoms with E-state index in [1.54, 1.807) is 16.8 Å². The van der Waals surface area contributed by atoms with Crippen LogP contribution in [0.3, 0.4) is 0 Å². The number of halogens is 1. The molecule has 1 aromatic heterocycles. The molecule has 2 aromatic rings. The molecule has 0 bridgehead atoms. The van der Waals surface area contributed by atoms with Crippen molar-refractivity contribution >= 4 is 11.8 Å². The van der Waals surface area contributed by atoms with Crippen molar-refractivity contribution < 1.29 is 4.39 Å². The highest BCUT2D eigenvalue weighted by atomic mass is 32.2. The second-order valence-electron chi connectivity index (χ2n) is 4.24. The van der Waals surface area contributed by atoms with E-state index in [4.69, 9.17) is 5.26 Å². The van der Waals surface area contributed by atoms with Gasteiger partial charge >= 0.3 is 0 Å². The molecule has 110 valence electrons. The number of nitrogens with one attached hydrogen (secondary N) is 1. The second kappa shape index (κ2) is 7.71. The lowest BCUT2D eigenvalue weighted by atomic mass is 10.1. The van der Waals surface area contributed by atoms with Crippen LogP contribution in [0.2, 0.25) is 0 Å². The number of benzene rings is 1. The zero-order chi connectivity index (χ0) is 15.1. The molecule has 0 fully saturated rings. The van der Waals surface area contributed by atoms with Gasteiger partial charge in [-0.25, -0.2) is 9.07 Å². The third kappa shape index (κ3) is 4.24. The van der Waals surface area contributed by atoms with Gasteiger partial charge in [-0.3, -0.25) is 0 Å². The number of nitrogens with zero attached hydrogens (tertiary/aromatic N) is 5. The molecule has 0 saturated heterocycles. The van der Waals surface area contributed by atoms with Crippen molar-refractivity contribution in [2.24, 2.45) is 0 Å². The first-order chi connectivity index (χ1) is 10.2. The normalized spacial score (nSPS) is 10.5. The predicted molar refractivity (Wildman–Crippen MR) is 77.0 cm³/mol. The van der Waals surface area contributed by atoms with Gasteiger partial charge in [-0.05, 0) is 34.7 Å². The topological polar surface area (TPSA) is 79.4 Å². The Bertz CT molecular complexity index is 636. The van der Waals surface area contributed by atoms with Gasteiger partial charge in [0.1, 0.15) is 5.82 Å². The van der Waals surface area contributed by atoms with Crippen molar-refractivity contribution in [2.75, 3.05) is 13.1 Å². The molecule has 2 rings (SSSR count). The van der Waals surface area contributed by atoms with Crippen LogP contribution in [0.15, 0.2) is 23.4 Å². The smallest absolute Gasteiger partial charge is 0.209 e. The van der Waals surface area contributed by atoms with Crippen LogP contribution in [0, 0.1) is 17.1 Å². The summed E-state index contributed by atoms with van der Waals surface area (Å²) in [6.07, 6.45) is 0. The first-order valence-electron chi connectivity index (χ1n) is 6.52. The van der Waals surface area contributed by atoms with Crippen LogP contribution in [0.25, 0.3) is 0 Å². The summed E-state index contributed by atoms with van der Waals surface area (Å²) in [5, 5.41) is 24.0. The Hall–Kier alpha value is -1.98. The van der Waals surface area contributed by atoms with Crippen molar-refractivity contribution in [3.8, 4) is 6.07 Å². The van der Waals surface area contributed by atoms with Gasteiger partial charge in [-0.15, -0.1) is 5.10 Å². The summed E-state index contributed by atoms with van der Waals surface area (Å²) in [7, 11) is 0.